The molecule has 0 atom stereocenters. The maximum atomic E-state index is 11.6. The average Bonchev–Trinajstić information content (AvgIpc) is 3.54. The van der Waals surface area contributed by atoms with Crippen molar-refractivity contribution in [2.75, 3.05) is 10.6 Å². The molecule has 0 fully saturated rings. The van der Waals surface area contributed by atoms with Crippen LogP contribution < -0.4 is 10.6 Å². The van der Waals surface area contributed by atoms with Gasteiger partial charge in [-0.05, 0) is 35.1 Å². The monoisotopic (exact) mass is 499 g/mol. The van der Waals surface area contributed by atoms with Gasteiger partial charge in [0, 0.05) is 30.2 Å². The Morgan fingerprint density at radius 1 is 0.971 bits per heavy atom. The number of nitrogens with zero attached hydrogens (tertiary/aromatic N) is 5. The van der Waals surface area contributed by atoms with Crippen LogP contribution in [-0.4, -0.2) is 36.7 Å². The van der Waals surface area contributed by atoms with E-state index in [-0.39, 0.29) is 21.7 Å². The standard InChI is InChI=1S/C10H9N3OS.C9H6N4O3S.C2H6/c14-9(13-10-12-4-5-15-10)6-8-2-1-3-11-7-8;14-8(6-3-1-2-4-10-6)12-9-11-5-7(17-9)13(15)16;1-2/h1-5,7H,6H2,(H,12,13,14);1-5H,(H,11,12,14);1-2H3. The Hall–Kier alpha value is -4.10. The number of hydrogen-bond donors (Lipinski definition) is 2. The fourth-order valence-electron chi connectivity index (χ4n) is 2.20. The fraction of sp³-hybridized carbons (Fsp3) is 0.143. The van der Waals surface area contributed by atoms with Gasteiger partial charge in [0.1, 0.15) is 11.9 Å². The molecule has 13 heteroatoms. The van der Waals surface area contributed by atoms with Crippen molar-refractivity contribution in [2.45, 2.75) is 20.3 Å². The van der Waals surface area contributed by atoms with E-state index in [0.717, 1.165) is 23.1 Å². The third kappa shape index (κ3) is 8.80. The highest BCUT2D eigenvalue weighted by Crippen LogP contribution is 2.25. The lowest BCUT2D eigenvalue weighted by atomic mass is 10.2. The first-order valence-electron chi connectivity index (χ1n) is 9.92. The van der Waals surface area contributed by atoms with Crippen molar-refractivity contribution < 1.29 is 14.5 Å². The van der Waals surface area contributed by atoms with E-state index in [9.17, 15) is 19.7 Å². The van der Waals surface area contributed by atoms with E-state index in [1.54, 1.807) is 30.7 Å². The molecule has 0 aliphatic heterocycles. The molecule has 0 unspecified atom stereocenters. The Bertz CT molecular complexity index is 1170. The predicted octanol–water partition coefficient (Wildman–Crippen LogP) is 4.44. The van der Waals surface area contributed by atoms with Crippen molar-refractivity contribution >= 4 is 49.8 Å². The summed E-state index contributed by atoms with van der Waals surface area (Å²) in [4.78, 5) is 48.5. The van der Waals surface area contributed by atoms with Crippen LogP contribution in [-0.2, 0) is 11.2 Å². The van der Waals surface area contributed by atoms with E-state index in [0.29, 0.717) is 11.6 Å². The zero-order chi connectivity index (χ0) is 24.8. The topological polar surface area (TPSA) is 153 Å². The quantitative estimate of drug-likeness (QED) is 0.291. The van der Waals surface area contributed by atoms with Crippen molar-refractivity contribution in [1.29, 1.82) is 0 Å². The molecular formula is C21H21N7O4S2. The van der Waals surface area contributed by atoms with Gasteiger partial charge in [-0.15, -0.1) is 11.3 Å². The summed E-state index contributed by atoms with van der Waals surface area (Å²) in [5.41, 5.74) is 1.12. The lowest BCUT2D eigenvalue weighted by molar-refractivity contribution is -0.380. The van der Waals surface area contributed by atoms with Crippen LogP contribution in [0.2, 0.25) is 0 Å². The molecule has 2 amide bonds. The van der Waals surface area contributed by atoms with Crippen molar-refractivity contribution in [2.24, 2.45) is 0 Å². The van der Waals surface area contributed by atoms with E-state index in [1.165, 1.54) is 23.6 Å². The summed E-state index contributed by atoms with van der Waals surface area (Å²) in [6, 6.07) is 8.58. The minimum atomic E-state index is -0.561. The third-order valence-electron chi connectivity index (χ3n) is 3.56. The van der Waals surface area contributed by atoms with Crippen LogP contribution in [0.3, 0.4) is 0 Å². The smallest absolute Gasteiger partial charge is 0.302 e. The second-order valence-corrected chi connectivity index (χ2v) is 7.76. The average molecular weight is 500 g/mol. The highest BCUT2D eigenvalue weighted by Gasteiger charge is 2.14. The number of carbonyl (C=O) groups is 2. The number of rotatable bonds is 6. The molecule has 0 radical (unpaired) electrons. The van der Waals surface area contributed by atoms with Gasteiger partial charge >= 0.3 is 5.00 Å². The maximum absolute atomic E-state index is 11.6. The molecule has 176 valence electrons. The Balaban J connectivity index is 0.000000225. The summed E-state index contributed by atoms with van der Waals surface area (Å²) in [5.74, 6) is -0.521. The van der Waals surface area contributed by atoms with Gasteiger partial charge in [-0.1, -0.05) is 26.0 Å². The van der Waals surface area contributed by atoms with Crippen LogP contribution in [0.25, 0.3) is 0 Å². The fourth-order valence-corrected chi connectivity index (χ4v) is 3.38. The van der Waals surface area contributed by atoms with Gasteiger partial charge in [-0.3, -0.25) is 35.0 Å². The molecule has 4 heterocycles. The molecule has 0 aromatic carbocycles. The number of hydrogen-bond acceptors (Lipinski definition) is 10. The molecule has 0 saturated carbocycles. The van der Waals surface area contributed by atoms with E-state index in [2.05, 4.69) is 30.6 Å². The Morgan fingerprint density at radius 2 is 1.79 bits per heavy atom. The highest BCUT2D eigenvalue weighted by molar-refractivity contribution is 7.18. The molecule has 0 aliphatic carbocycles. The number of thiazole rings is 2. The van der Waals surface area contributed by atoms with Gasteiger partial charge in [0.2, 0.25) is 5.91 Å². The largest absolute Gasteiger partial charge is 0.345 e. The Labute approximate surface area is 203 Å². The van der Waals surface area contributed by atoms with E-state index >= 15 is 0 Å². The summed E-state index contributed by atoms with van der Waals surface area (Å²) < 4.78 is 0. The summed E-state index contributed by atoms with van der Waals surface area (Å²) in [6.07, 6.45) is 7.93. The van der Waals surface area contributed by atoms with Gasteiger partial charge in [-0.2, -0.15) is 0 Å². The van der Waals surface area contributed by atoms with Crippen molar-refractivity contribution in [1.82, 2.24) is 19.9 Å². The van der Waals surface area contributed by atoms with Crippen molar-refractivity contribution in [3.8, 4) is 0 Å². The number of pyridine rings is 2. The van der Waals surface area contributed by atoms with Gasteiger partial charge in [0.05, 0.1) is 11.3 Å². The second-order valence-electron chi connectivity index (χ2n) is 5.85. The number of nitrogens with one attached hydrogen (secondary N) is 2. The third-order valence-corrected chi connectivity index (χ3v) is 5.11. The van der Waals surface area contributed by atoms with Gasteiger partial charge in [-0.25, -0.2) is 9.97 Å². The SMILES string of the molecule is CC.O=C(Cc1cccnc1)Nc1nccs1.O=C(Nc1ncc([N+](=O)[O-])s1)c1ccccn1. The summed E-state index contributed by atoms with van der Waals surface area (Å²) in [5, 5.41) is 18.1. The van der Waals surface area contributed by atoms with Crippen LogP contribution in [0.4, 0.5) is 15.3 Å². The molecule has 0 saturated heterocycles. The van der Waals surface area contributed by atoms with Gasteiger partial charge in [0.15, 0.2) is 10.3 Å². The molecule has 2 N–H and O–H groups in total. The highest BCUT2D eigenvalue weighted by atomic mass is 32.1. The lowest BCUT2D eigenvalue weighted by Crippen LogP contribution is -2.14. The van der Waals surface area contributed by atoms with Crippen molar-refractivity contribution in [3.63, 3.8) is 0 Å². The molecule has 34 heavy (non-hydrogen) atoms. The van der Waals surface area contributed by atoms with Crippen LogP contribution in [0.5, 0.6) is 0 Å². The summed E-state index contributed by atoms with van der Waals surface area (Å²) in [6.45, 7) is 4.00. The maximum Gasteiger partial charge on any atom is 0.345 e. The normalized spacial score (nSPS) is 9.47. The molecule has 0 aliphatic rings. The first-order chi connectivity index (χ1) is 16.5. The van der Waals surface area contributed by atoms with E-state index < -0.39 is 10.8 Å². The minimum absolute atomic E-state index is 0.0713. The van der Waals surface area contributed by atoms with Crippen molar-refractivity contribution in [3.05, 3.63) is 88.1 Å². The molecule has 11 nitrogen and oxygen atoms in total. The zero-order valence-corrected chi connectivity index (χ0v) is 19.9. The molecule has 0 spiro atoms. The van der Waals surface area contributed by atoms with Crippen LogP contribution in [0, 0.1) is 10.1 Å². The van der Waals surface area contributed by atoms with Crippen LogP contribution >= 0.6 is 22.7 Å². The Kier molecular flexibility index (Phi) is 10.9. The second kappa shape index (κ2) is 14.1. The molecule has 4 aromatic heterocycles. The summed E-state index contributed by atoms with van der Waals surface area (Å²) in [7, 11) is 0. The molecule has 0 bridgehead atoms. The molecule has 4 rings (SSSR count). The minimum Gasteiger partial charge on any atom is -0.302 e. The molecule has 4 aromatic rings. The van der Waals surface area contributed by atoms with Gasteiger partial charge < -0.3 is 5.32 Å². The number of aromatic nitrogens is 4. The van der Waals surface area contributed by atoms with Crippen LogP contribution in [0.1, 0.15) is 29.9 Å². The Morgan fingerprint density at radius 3 is 2.38 bits per heavy atom. The number of amides is 2. The number of anilines is 2. The molecular weight excluding hydrogens is 478 g/mol. The van der Waals surface area contributed by atoms with Gasteiger partial charge in [0.25, 0.3) is 5.91 Å². The number of carbonyl (C=O) groups excluding carboxylic acids is 2. The summed E-state index contributed by atoms with van der Waals surface area (Å²) >= 11 is 2.20. The first-order valence-corrected chi connectivity index (χ1v) is 11.6. The number of nitro groups is 1. The van der Waals surface area contributed by atoms with E-state index in [1.807, 2.05) is 31.4 Å². The zero-order valence-electron chi connectivity index (χ0n) is 18.2. The van der Waals surface area contributed by atoms with Crippen LogP contribution in [0.15, 0.2) is 66.7 Å². The first kappa shape index (κ1) is 26.2. The predicted molar refractivity (Wildman–Crippen MR) is 131 cm³/mol. The lowest BCUT2D eigenvalue weighted by Gasteiger charge is -2.00. The van der Waals surface area contributed by atoms with E-state index in [4.69, 9.17) is 0 Å².